The number of carbonyl (C=O) groups is 3. The van der Waals surface area contributed by atoms with E-state index < -0.39 is 11.6 Å². The van der Waals surface area contributed by atoms with E-state index in [-0.39, 0.29) is 18.4 Å². The standard InChI is InChI=1S/C16H22N6O3/c1-16(2)14(24)22(15(25)18-16)11-13(23)21-8-4-7-20(9-10-21)12-5-3-6-17-19-12/h3,5-6H,4,7-11H2,1-2H3,(H,18,25). The SMILES string of the molecule is CC1(C)NC(=O)N(CC(=O)N2CCCN(c3cccnn3)CC2)C1=O. The number of hydrogen-bond donors (Lipinski definition) is 1. The molecule has 4 amide bonds. The van der Waals surface area contributed by atoms with Crippen LogP contribution in [0.15, 0.2) is 18.3 Å². The number of anilines is 1. The molecule has 9 nitrogen and oxygen atoms in total. The average molecular weight is 346 g/mol. The molecule has 0 bridgehead atoms. The molecule has 9 heteroatoms. The molecular formula is C16H22N6O3. The number of nitrogens with zero attached hydrogens (tertiary/aromatic N) is 5. The Morgan fingerprint density at radius 1 is 1.24 bits per heavy atom. The number of carbonyl (C=O) groups excluding carboxylic acids is 3. The maximum absolute atomic E-state index is 12.6. The molecule has 0 aliphatic carbocycles. The van der Waals surface area contributed by atoms with E-state index >= 15 is 0 Å². The Morgan fingerprint density at radius 3 is 2.68 bits per heavy atom. The van der Waals surface area contributed by atoms with Crippen molar-refractivity contribution in [1.82, 2.24) is 25.3 Å². The van der Waals surface area contributed by atoms with Gasteiger partial charge in [0, 0.05) is 32.4 Å². The van der Waals surface area contributed by atoms with Gasteiger partial charge >= 0.3 is 6.03 Å². The van der Waals surface area contributed by atoms with Gasteiger partial charge in [-0.25, -0.2) is 4.79 Å². The summed E-state index contributed by atoms with van der Waals surface area (Å²) in [6.45, 7) is 5.55. The summed E-state index contributed by atoms with van der Waals surface area (Å²) in [4.78, 5) is 41.5. The first-order chi connectivity index (χ1) is 11.9. The van der Waals surface area contributed by atoms with Crippen LogP contribution in [0.25, 0.3) is 0 Å². The molecule has 0 atom stereocenters. The third-order valence-corrected chi connectivity index (χ3v) is 4.47. The lowest BCUT2D eigenvalue weighted by atomic mass is 10.1. The van der Waals surface area contributed by atoms with E-state index in [1.807, 2.05) is 12.1 Å². The number of urea groups is 1. The van der Waals surface area contributed by atoms with Crippen LogP contribution in [0.3, 0.4) is 0 Å². The van der Waals surface area contributed by atoms with E-state index in [2.05, 4.69) is 20.4 Å². The van der Waals surface area contributed by atoms with Crippen molar-refractivity contribution in [2.45, 2.75) is 25.8 Å². The van der Waals surface area contributed by atoms with Gasteiger partial charge in [-0.1, -0.05) is 0 Å². The second-order valence-corrected chi connectivity index (χ2v) is 6.75. The Bertz CT molecular complexity index is 678. The van der Waals surface area contributed by atoms with E-state index in [0.29, 0.717) is 19.6 Å². The molecule has 1 aromatic rings. The maximum atomic E-state index is 12.6. The predicted octanol–water partition coefficient (Wildman–Crippen LogP) is -0.154. The topological polar surface area (TPSA) is 98.7 Å². The molecule has 2 aliphatic heterocycles. The minimum atomic E-state index is -0.959. The van der Waals surface area contributed by atoms with E-state index in [1.165, 1.54) is 0 Å². The minimum absolute atomic E-state index is 0.220. The van der Waals surface area contributed by atoms with Gasteiger partial charge in [-0.15, -0.1) is 5.10 Å². The number of aromatic nitrogens is 2. The van der Waals surface area contributed by atoms with Crippen LogP contribution in [-0.2, 0) is 9.59 Å². The zero-order valence-corrected chi connectivity index (χ0v) is 14.4. The summed E-state index contributed by atoms with van der Waals surface area (Å²) in [6, 6.07) is 3.20. The molecule has 1 aromatic heterocycles. The first-order valence-corrected chi connectivity index (χ1v) is 8.33. The first-order valence-electron chi connectivity index (χ1n) is 8.33. The lowest BCUT2D eigenvalue weighted by Crippen LogP contribution is -2.45. The smallest absolute Gasteiger partial charge is 0.325 e. The number of rotatable bonds is 3. The van der Waals surface area contributed by atoms with Crippen LogP contribution in [0.4, 0.5) is 10.6 Å². The van der Waals surface area contributed by atoms with Crippen LogP contribution in [0.1, 0.15) is 20.3 Å². The fourth-order valence-electron chi connectivity index (χ4n) is 3.05. The van der Waals surface area contributed by atoms with Crippen molar-refractivity contribution in [1.29, 1.82) is 0 Å². The molecule has 2 saturated heterocycles. The highest BCUT2D eigenvalue weighted by Gasteiger charge is 2.45. The Kier molecular flexibility index (Phi) is 4.56. The van der Waals surface area contributed by atoms with Crippen molar-refractivity contribution in [3.63, 3.8) is 0 Å². The molecule has 0 unspecified atom stereocenters. The van der Waals surface area contributed by atoms with Gasteiger partial charge in [-0.2, -0.15) is 5.10 Å². The highest BCUT2D eigenvalue weighted by Crippen LogP contribution is 2.17. The maximum Gasteiger partial charge on any atom is 0.325 e. The first kappa shape index (κ1) is 17.1. The quantitative estimate of drug-likeness (QED) is 0.764. The molecule has 0 spiro atoms. The van der Waals surface area contributed by atoms with Crippen molar-refractivity contribution in [3.8, 4) is 0 Å². The second kappa shape index (κ2) is 6.66. The molecule has 0 saturated carbocycles. The summed E-state index contributed by atoms with van der Waals surface area (Å²) in [5.74, 6) is 0.191. The Balaban J connectivity index is 1.60. The number of imide groups is 1. The second-order valence-electron chi connectivity index (χ2n) is 6.75. The third-order valence-electron chi connectivity index (χ3n) is 4.47. The van der Waals surface area contributed by atoms with Gasteiger partial charge in [0.15, 0.2) is 5.82 Å². The lowest BCUT2D eigenvalue weighted by molar-refractivity contribution is -0.138. The van der Waals surface area contributed by atoms with E-state index in [1.54, 1.807) is 24.9 Å². The van der Waals surface area contributed by atoms with Crippen molar-refractivity contribution < 1.29 is 14.4 Å². The number of hydrogen-bond acceptors (Lipinski definition) is 6. The van der Waals surface area contributed by atoms with E-state index in [4.69, 9.17) is 0 Å². The van der Waals surface area contributed by atoms with Gasteiger partial charge in [0.05, 0.1) is 0 Å². The normalized spacial score (nSPS) is 20.5. The summed E-state index contributed by atoms with van der Waals surface area (Å²) >= 11 is 0. The van der Waals surface area contributed by atoms with E-state index in [0.717, 1.165) is 23.7 Å². The molecule has 134 valence electrons. The lowest BCUT2D eigenvalue weighted by Gasteiger charge is -2.24. The Morgan fingerprint density at radius 2 is 2.04 bits per heavy atom. The van der Waals surface area contributed by atoms with Crippen LogP contribution in [-0.4, -0.2) is 76.1 Å². The van der Waals surface area contributed by atoms with Crippen molar-refractivity contribution in [2.75, 3.05) is 37.6 Å². The van der Waals surface area contributed by atoms with Gasteiger partial charge < -0.3 is 15.1 Å². The van der Waals surface area contributed by atoms with Gasteiger partial charge in [0.1, 0.15) is 12.1 Å². The number of nitrogens with one attached hydrogen (secondary N) is 1. The molecule has 25 heavy (non-hydrogen) atoms. The van der Waals surface area contributed by atoms with Gasteiger partial charge in [0.25, 0.3) is 5.91 Å². The zero-order chi connectivity index (χ0) is 18.0. The Hall–Kier alpha value is -2.71. The van der Waals surface area contributed by atoms with Crippen LogP contribution >= 0.6 is 0 Å². The van der Waals surface area contributed by atoms with E-state index in [9.17, 15) is 14.4 Å². The van der Waals surface area contributed by atoms with Gasteiger partial charge in [0.2, 0.25) is 5.91 Å². The molecule has 3 rings (SSSR count). The molecule has 1 N–H and O–H groups in total. The largest absolute Gasteiger partial charge is 0.353 e. The third kappa shape index (κ3) is 3.54. The van der Waals surface area contributed by atoms with Crippen LogP contribution < -0.4 is 10.2 Å². The van der Waals surface area contributed by atoms with Crippen LogP contribution in [0, 0.1) is 0 Å². The Labute approximate surface area is 146 Å². The molecule has 2 fully saturated rings. The highest BCUT2D eigenvalue weighted by atomic mass is 16.2. The van der Waals surface area contributed by atoms with Crippen molar-refractivity contribution in [3.05, 3.63) is 18.3 Å². The summed E-state index contributed by atoms with van der Waals surface area (Å²) in [5.41, 5.74) is -0.959. The zero-order valence-electron chi connectivity index (χ0n) is 14.4. The summed E-state index contributed by atoms with van der Waals surface area (Å²) < 4.78 is 0. The van der Waals surface area contributed by atoms with Crippen molar-refractivity contribution >= 4 is 23.7 Å². The van der Waals surface area contributed by atoms with Gasteiger partial charge in [-0.3, -0.25) is 14.5 Å². The van der Waals surface area contributed by atoms with Crippen LogP contribution in [0.5, 0.6) is 0 Å². The summed E-state index contributed by atoms with van der Waals surface area (Å²) in [6.07, 6.45) is 2.41. The van der Waals surface area contributed by atoms with Crippen molar-refractivity contribution in [2.24, 2.45) is 0 Å². The molecule has 0 radical (unpaired) electrons. The summed E-state index contributed by atoms with van der Waals surface area (Å²) in [5, 5.41) is 10.6. The highest BCUT2D eigenvalue weighted by molar-refractivity contribution is 6.08. The minimum Gasteiger partial charge on any atom is -0.353 e. The van der Waals surface area contributed by atoms with Gasteiger partial charge in [-0.05, 0) is 32.4 Å². The molecular weight excluding hydrogens is 324 g/mol. The predicted molar refractivity (Wildman–Crippen MR) is 89.8 cm³/mol. The fraction of sp³-hybridized carbons (Fsp3) is 0.562. The molecule has 0 aromatic carbocycles. The molecule has 2 aliphatic rings. The molecule has 3 heterocycles. The average Bonchev–Trinajstić information content (AvgIpc) is 2.79. The fourth-order valence-corrected chi connectivity index (χ4v) is 3.05. The summed E-state index contributed by atoms with van der Waals surface area (Å²) in [7, 11) is 0. The van der Waals surface area contributed by atoms with Crippen LogP contribution in [0.2, 0.25) is 0 Å². The monoisotopic (exact) mass is 346 g/mol. The number of amides is 4.